The van der Waals surface area contributed by atoms with Crippen LogP contribution in [0.25, 0.3) is 0 Å². The largest absolute Gasteiger partial charge is 0.489 e. The molecule has 0 aromatic heterocycles. The fraction of sp³-hybridized carbons (Fsp3) is 0.324. The third-order valence-electron chi connectivity index (χ3n) is 8.73. The highest BCUT2D eigenvalue weighted by atomic mass is 35.5. The van der Waals surface area contributed by atoms with Crippen LogP contribution in [0.4, 0.5) is 0 Å². The fourth-order valence-electron chi connectivity index (χ4n) is 5.93. The minimum Gasteiger partial charge on any atom is -0.489 e. The number of ether oxygens (including phenoxy) is 1. The molecular weight excluding hydrogens is 614 g/mol. The normalized spacial score (nSPS) is 22.6. The molecule has 236 valence electrons. The van der Waals surface area contributed by atoms with Gasteiger partial charge in [0.15, 0.2) is 0 Å². The highest BCUT2D eigenvalue weighted by molar-refractivity contribution is 7.90. The zero-order valence-corrected chi connectivity index (χ0v) is 26.5. The van der Waals surface area contributed by atoms with Gasteiger partial charge < -0.3 is 15.0 Å². The molecule has 4 atom stereocenters. The maximum atomic E-state index is 13.7. The molecule has 1 aliphatic carbocycles. The van der Waals surface area contributed by atoms with Crippen molar-refractivity contribution >= 4 is 39.3 Å². The van der Waals surface area contributed by atoms with Gasteiger partial charge in [0.05, 0.1) is 16.2 Å². The number of piperidine rings is 1. The van der Waals surface area contributed by atoms with Crippen molar-refractivity contribution in [1.82, 2.24) is 14.9 Å². The Morgan fingerprint density at radius 3 is 2.47 bits per heavy atom. The van der Waals surface area contributed by atoms with Crippen molar-refractivity contribution < 1.29 is 27.5 Å². The number of nitrogens with zero attached hydrogens (tertiary/aromatic N) is 1. The van der Waals surface area contributed by atoms with Crippen LogP contribution in [-0.4, -0.2) is 50.7 Å². The van der Waals surface area contributed by atoms with Crippen molar-refractivity contribution in [3.05, 3.63) is 108 Å². The number of hydrogen-bond acceptors (Lipinski definition) is 6. The second kappa shape index (κ2) is 13.5. The van der Waals surface area contributed by atoms with Gasteiger partial charge in [0.1, 0.15) is 12.4 Å². The van der Waals surface area contributed by atoms with E-state index in [1.165, 1.54) is 19.1 Å². The summed E-state index contributed by atoms with van der Waals surface area (Å²) in [5.41, 5.74) is 0.692. The Morgan fingerprint density at radius 2 is 1.80 bits per heavy atom. The van der Waals surface area contributed by atoms with Gasteiger partial charge in [0.25, 0.3) is 10.0 Å². The van der Waals surface area contributed by atoms with Gasteiger partial charge in [-0.2, -0.15) is 0 Å². The van der Waals surface area contributed by atoms with Gasteiger partial charge in [0.2, 0.25) is 17.7 Å². The minimum absolute atomic E-state index is 0.0754. The topological polar surface area (TPSA) is 122 Å². The zero-order valence-electron chi connectivity index (χ0n) is 24.9. The van der Waals surface area contributed by atoms with E-state index in [2.05, 4.69) is 16.6 Å². The van der Waals surface area contributed by atoms with Crippen molar-refractivity contribution in [2.24, 2.45) is 17.3 Å². The van der Waals surface area contributed by atoms with Gasteiger partial charge >= 0.3 is 0 Å². The van der Waals surface area contributed by atoms with Crippen molar-refractivity contribution in [3.8, 4) is 5.75 Å². The molecule has 2 fully saturated rings. The highest BCUT2D eigenvalue weighted by Crippen LogP contribution is 2.53. The number of hydrogen-bond donors (Lipinski definition) is 2. The van der Waals surface area contributed by atoms with Crippen molar-refractivity contribution in [1.29, 1.82) is 0 Å². The van der Waals surface area contributed by atoms with Gasteiger partial charge in [-0.25, -0.2) is 13.1 Å². The molecule has 11 heteroatoms. The van der Waals surface area contributed by atoms with E-state index >= 15 is 0 Å². The van der Waals surface area contributed by atoms with Crippen LogP contribution in [0.2, 0.25) is 5.02 Å². The molecule has 0 spiro atoms. The fourth-order valence-corrected chi connectivity index (χ4v) is 7.15. The van der Waals surface area contributed by atoms with Crippen molar-refractivity contribution in [3.63, 3.8) is 0 Å². The van der Waals surface area contributed by atoms with Crippen LogP contribution in [0, 0.1) is 17.3 Å². The van der Waals surface area contributed by atoms with Gasteiger partial charge in [-0.05, 0) is 60.1 Å². The highest BCUT2D eigenvalue weighted by Gasteiger charge is 2.59. The van der Waals surface area contributed by atoms with E-state index in [4.69, 9.17) is 16.3 Å². The molecule has 0 bridgehead atoms. The van der Waals surface area contributed by atoms with Gasteiger partial charge in [0, 0.05) is 37.6 Å². The molecule has 2 aliphatic rings. The third-order valence-corrected chi connectivity index (χ3v) is 10.3. The van der Waals surface area contributed by atoms with Crippen LogP contribution in [0.5, 0.6) is 5.75 Å². The molecule has 9 nitrogen and oxygen atoms in total. The Hall–Kier alpha value is -4.15. The van der Waals surface area contributed by atoms with Crippen LogP contribution in [0.15, 0.2) is 96.4 Å². The number of benzene rings is 3. The maximum absolute atomic E-state index is 13.7. The molecule has 5 rings (SSSR count). The summed E-state index contributed by atoms with van der Waals surface area (Å²) in [6.07, 6.45) is 2.53. The third kappa shape index (κ3) is 7.40. The Bertz CT molecular complexity index is 1680. The summed E-state index contributed by atoms with van der Waals surface area (Å²) in [6.45, 7) is 6.21. The predicted molar refractivity (Wildman–Crippen MR) is 171 cm³/mol. The van der Waals surface area contributed by atoms with E-state index in [1.807, 2.05) is 42.5 Å². The van der Waals surface area contributed by atoms with E-state index in [0.717, 1.165) is 11.1 Å². The number of nitrogens with one attached hydrogen (secondary N) is 2. The lowest BCUT2D eigenvalue weighted by atomic mass is 9.79. The predicted octanol–water partition coefficient (Wildman–Crippen LogP) is 4.68. The second-order valence-corrected chi connectivity index (χ2v) is 13.7. The average molecular weight is 650 g/mol. The molecule has 2 N–H and O–H groups in total. The van der Waals surface area contributed by atoms with Gasteiger partial charge in [-0.3, -0.25) is 14.4 Å². The number of sulfonamides is 1. The number of amides is 3. The smallest absolute Gasteiger partial charge is 0.264 e. The Kier molecular flexibility index (Phi) is 9.65. The van der Waals surface area contributed by atoms with Crippen LogP contribution >= 0.6 is 11.6 Å². The maximum Gasteiger partial charge on any atom is 0.264 e. The van der Waals surface area contributed by atoms with Crippen LogP contribution in [0.1, 0.15) is 36.8 Å². The van der Waals surface area contributed by atoms with E-state index in [9.17, 15) is 22.8 Å². The summed E-state index contributed by atoms with van der Waals surface area (Å²) in [6, 6.07) is 22.7. The first-order chi connectivity index (χ1) is 21.5. The SMILES string of the molecule is C=C[C@@H]1C[C@]1(CNC(=O)C1CN(C(C)=O)CC[C@H]1c1ccc(Cl)cc1)C(=O)NS(=O)(=O)c1cccc(OCc2ccccc2)c1. The second-order valence-electron chi connectivity index (χ2n) is 11.6. The van der Waals surface area contributed by atoms with E-state index in [0.29, 0.717) is 30.2 Å². The minimum atomic E-state index is -4.25. The first-order valence-corrected chi connectivity index (χ1v) is 16.6. The number of likely N-dealkylation sites (tertiary alicyclic amines) is 1. The number of rotatable bonds is 11. The number of halogens is 1. The Morgan fingerprint density at radius 1 is 1.07 bits per heavy atom. The molecule has 3 aromatic rings. The van der Waals surface area contributed by atoms with E-state index < -0.39 is 27.3 Å². The van der Waals surface area contributed by atoms with Crippen LogP contribution < -0.4 is 14.8 Å². The Labute approximate surface area is 268 Å². The van der Waals surface area contributed by atoms with Crippen LogP contribution in [0.3, 0.4) is 0 Å². The molecule has 1 heterocycles. The average Bonchev–Trinajstić information content (AvgIpc) is 3.78. The number of carbonyl (C=O) groups is 3. The molecule has 1 aliphatic heterocycles. The quantitative estimate of drug-likeness (QED) is 0.291. The first kappa shape index (κ1) is 32.2. The molecule has 3 amide bonds. The lowest BCUT2D eigenvalue weighted by molar-refractivity contribution is -0.134. The first-order valence-electron chi connectivity index (χ1n) is 14.8. The molecule has 1 unspecified atom stereocenters. The molecular formula is C34H36ClN3O6S. The van der Waals surface area contributed by atoms with E-state index in [-0.39, 0.29) is 48.2 Å². The van der Waals surface area contributed by atoms with Gasteiger partial charge in [-0.1, -0.05) is 66.2 Å². The summed E-state index contributed by atoms with van der Waals surface area (Å²) in [5.74, 6) is -1.84. The summed E-state index contributed by atoms with van der Waals surface area (Å²) < 4.78 is 34.6. The monoisotopic (exact) mass is 649 g/mol. The van der Waals surface area contributed by atoms with Crippen molar-refractivity contribution in [2.75, 3.05) is 19.6 Å². The Balaban J connectivity index is 1.27. The summed E-state index contributed by atoms with van der Waals surface area (Å²) in [5, 5.41) is 3.49. The zero-order chi connectivity index (χ0) is 32.2. The number of carbonyl (C=O) groups excluding carboxylic acids is 3. The number of allylic oxidation sites excluding steroid dienone is 1. The lowest BCUT2D eigenvalue weighted by Gasteiger charge is -2.38. The van der Waals surface area contributed by atoms with Crippen molar-refractivity contribution in [2.45, 2.75) is 37.2 Å². The summed E-state index contributed by atoms with van der Waals surface area (Å²) in [4.78, 5) is 40.9. The van der Waals surface area contributed by atoms with Crippen LogP contribution in [-0.2, 0) is 31.0 Å². The standard InChI is InChI=1S/C34H36ClN3O6S/c1-3-26-19-34(26,22-36-32(40)31-20-38(23(2)39)17-16-30(31)25-12-14-27(35)15-13-25)33(41)37-45(42,43)29-11-7-10-28(18-29)44-21-24-8-5-4-6-9-24/h3-15,18,26,30-31H,1,16-17,19-22H2,2H3,(H,36,40)(H,37,41)/t26-,30+,31?,34-/m1/s1. The summed E-state index contributed by atoms with van der Waals surface area (Å²) >= 11 is 6.08. The molecule has 1 saturated carbocycles. The molecule has 1 saturated heterocycles. The molecule has 0 radical (unpaired) electrons. The molecule has 45 heavy (non-hydrogen) atoms. The lowest BCUT2D eigenvalue weighted by Crippen LogP contribution is -2.50. The van der Waals surface area contributed by atoms with Gasteiger partial charge in [-0.15, -0.1) is 6.58 Å². The molecule has 3 aromatic carbocycles. The summed E-state index contributed by atoms with van der Waals surface area (Å²) in [7, 11) is -4.25. The van der Waals surface area contributed by atoms with E-state index in [1.54, 1.807) is 35.2 Å².